The summed E-state index contributed by atoms with van der Waals surface area (Å²) >= 11 is 0. The molecule has 0 atom stereocenters. The first-order valence-electron chi connectivity index (χ1n) is 7.23. The number of hydrogen-bond donors (Lipinski definition) is 1. The van der Waals surface area contributed by atoms with Crippen LogP contribution >= 0.6 is 0 Å². The molecule has 0 radical (unpaired) electrons. The lowest BCUT2D eigenvalue weighted by molar-refractivity contribution is 0.306. The maximum absolute atomic E-state index is 6.15. The van der Waals surface area contributed by atoms with E-state index in [9.17, 15) is 0 Å². The zero-order valence-corrected chi connectivity index (χ0v) is 11.4. The molecule has 0 unspecified atom stereocenters. The highest BCUT2D eigenvalue weighted by Crippen LogP contribution is 2.32. The average Bonchev–Trinajstić information content (AvgIpc) is 2.91. The maximum Gasteiger partial charge on any atom is 0.0284 e. The largest absolute Gasteiger partial charge is 0.324 e. The molecule has 0 aliphatic heterocycles. The highest BCUT2D eigenvalue weighted by atomic mass is 15.1. The molecular weight excluding hydrogens is 220 g/mol. The fraction of sp³-hybridized carbons (Fsp3) is 0.625. The average molecular weight is 244 g/mol. The van der Waals surface area contributed by atoms with Gasteiger partial charge in [0, 0.05) is 18.6 Å². The Morgan fingerprint density at radius 2 is 2.00 bits per heavy atom. The molecule has 2 heteroatoms. The van der Waals surface area contributed by atoms with Crippen molar-refractivity contribution in [3.05, 3.63) is 34.9 Å². The van der Waals surface area contributed by atoms with Crippen LogP contribution in [0.2, 0.25) is 0 Å². The van der Waals surface area contributed by atoms with Crippen molar-refractivity contribution in [1.29, 1.82) is 0 Å². The minimum atomic E-state index is 0.146. The van der Waals surface area contributed by atoms with Gasteiger partial charge in [-0.3, -0.25) is 0 Å². The molecule has 1 saturated carbocycles. The van der Waals surface area contributed by atoms with E-state index >= 15 is 0 Å². The normalized spacial score (nSPS) is 20.2. The Hall–Kier alpha value is -0.860. The van der Waals surface area contributed by atoms with Crippen molar-refractivity contribution in [1.82, 2.24) is 4.90 Å². The molecule has 2 N–H and O–H groups in total. The van der Waals surface area contributed by atoms with Gasteiger partial charge in [0.25, 0.3) is 0 Å². The molecule has 18 heavy (non-hydrogen) atoms. The van der Waals surface area contributed by atoms with Gasteiger partial charge in [0.05, 0.1) is 0 Å². The van der Waals surface area contributed by atoms with Crippen LogP contribution in [0.1, 0.15) is 36.0 Å². The van der Waals surface area contributed by atoms with Gasteiger partial charge in [0.2, 0.25) is 0 Å². The molecule has 98 valence electrons. The molecule has 0 spiro atoms. The summed E-state index contributed by atoms with van der Waals surface area (Å²) in [6, 6.07) is 7.07. The van der Waals surface area contributed by atoms with Crippen molar-refractivity contribution in [2.24, 2.45) is 5.73 Å². The summed E-state index contributed by atoms with van der Waals surface area (Å²) in [5.74, 6) is 0. The first-order valence-corrected chi connectivity index (χ1v) is 7.23. The summed E-state index contributed by atoms with van der Waals surface area (Å²) in [4.78, 5) is 2.39. The second kappa shape index (κ2) is 4.67. The third kappa shape index (κ3) is 2.76. The summed E-state index contributed by atoms with van der Waals surface area (Å²) in [6.45, 7) is 2.18. The summed E-state index contributed by atoms with van der Waals surface area (Å²) in [5.41, 5.74) is 10.9. The number of fused-ring (bicyclic) bond motifs is 1. The first-order chi connectivity index (χ1) is 8.65. The Morgan fingerprint density at radius 3 is 2.78 bits per heavy atom. The first kappa shape index (κ1) is 12.2. The van der Waals surface area contributed by atoms with Crippen LogP contribution in [0.15, 0.2) is 18.2 Å². The van der Waals surface area contributed by atoms with E-state index in [2.05, 4.69) is 30.1 Å². The fourth-order valence-electron chi connectivity index (χ4n) is 3.04. The Bertz CT molecular complexity index is 435. The van der Waals surface area contributed by atoms with Gasteiger partial charge >= 0.3 is 0 Å². The minimum absolute atomic E-state index is 0.146. The molecule has 1 aromatic carbocycles. The molecule has 3 rings (SSSR count). The third-order valence-electron chi connectivity index (χ3n) is 4.42. The number of nitrogens with two attached hydrogens (primary N) is 1. The molecular formula is C16H24N2. The topological polar surface area (TPSA) is 29.3 Å². The van der Waals surface area contributed by atoms with Gasteiger partial charge in [-0.1, -0.05) is 18.2 Å². The van der Waals surface area contributed by atoms with Gasteiger partial charge in [-0.2, -0.15) is 0 Å². The number of rotatable bonds is 5. The lowest BCUT2D eigenvalue weighted by atomic mass is 10.0. The van der Waals surface area contributed by atoms with E-state index in [1.807, 2.05) is 0 Å². The molecule has 2 aliphatic rings. The molecule has 0 aromatic heterocycles. The van der Waals surface area contributed by atoms with Crippen LogP contribution in [0.25, 0.3) is 0 Å². The highest BCUT2D eigenvalue weighted by molar-refractivity contribution is 5.35. The molecule has 2 aliphatic carbocycles. The quantitative estimate of drug-likeness (QED) is 0.860. The van der Waals surface area contributed by atoms with E-state index in [0.717, 1.165) is 19.5 Å². The van der Waals surface area contributed by atoms with Gasteiger partial charge in [-0.05, 0) is 62.3 Å². The molecule has 0 amide bonds. The summed E-state index contributed by atoms with van der Waals surface area (Å²) in [5, 5.41) is 0. The minimum Gasteiger partial charge on any atom is -0.324 e. The van der Waals surface area contributed by atoms with Crippen LogP contribution < -0.4 is 5.73 Å². The van der Waals surface area contributed by atoms with Crippen molar-refractivity contribution >= 4 is 0 Å². The van der Waals surface area contributed by atoms with Crippen LogP contribution in [0.5, 0.6) is 0 Å². The lowest BCUT2D eigenvalue weighted by Crippen LogP contribution is -2.38. The number of benzene rings is 1. The predicted molar refractivity (Wildman–Crippen MR) is 75.8 cm³/mol. The number of aryl methyl sites for hydroxylation is 2. The Kier molecular flexibility index (Phi) is 3.16. The van der Waals surface area contributed by atoms with Gasteiger partial charge in [0.1, 0.15) is 0 Å². The Morgan fingerprint density at radius 1 is 1.22 bits per heavy atom. The smallest absolute Gasteiger partial charge is 0.0284 e. The molecule has 0 heterocycles. The van der Waals surface area contributed by atoms with Crippen LogP contribution in [-0.4, -0.2) is 30.6 Å². The number of nitrogens with zero attached hydrogens (tertiary/aromatic N) is 1. The van der Waals surface area contributed by atoms with Gasteiger partial charge in [-0.15, -0.1) is 0 Å². The van der Waals surface area contributed by atoms with Gasteiger partial charge in [-0.25, -0.2) is 0 Å². The SMILES string of the molecule is CN(CCc1ccc2c(c1)CCC2)CC1(N)CC1. The standard InChI is InChI=1S/C16H24N2/c1-18(12-16(17)8-9-16)10-7-13-5-6-14-3-2-4-15(14)11-13/h5-6,11H,2-4,7-10,12,17H2,1H3. The predicted octanol–water partition coefficient (Wildman–Crippen LogP) is 2.14. The summed E-state index contributed by atoms with van der Waals surface area (Å²) in [7, 11) is 2.19. The van der Waals surface area contributed by atoms with Crippen LogP contribution in [0.4, 0.5) is 0 Å². The second-order valence-electron chi connectivity index (χ2n) is 6.31. The summed E-state index contributed by atoms with van der Waals surface area (Å²) in [6.07, 6.45) is 7.47. The molecule has 1 aromatic rings. The number of likely N-dealkylation sites (N-methyl/N-ethyl adjacent to an activating group) is 1. The summed E-state index contributed by atoms with van der Waals surface area (Å²) < 4.78 is 0. The van der Waals surface area contributed by atoms with Crippen LogP contribution in [0.3, 0.4) is 0 Å². The maximum atomic E-state index is 6.15. The van der Waals surface area contributed by atoms with Crippen molar-refractivity contribution in [2.75, 3.05) is 20.1 Å². The van der Waals surface area contributed by atoms with Crippen molar-refractivity contribution in [3.8, 4) is 0 Å². The highest BCUT2D eigenvalue weighted by Gasteiger charge is 2.38. The van der Waals surface area contributed by atoms with E-state index < -0.39 is 0 Å². The van der Waals surface area contributed by atoms with Gasteiger partial charge < -0.3 is 10.6 Å². The van der Waals surface area contributed by atoms with Crippen LogP contribution in [0, 0.1) is 0 Å². The second-order valence-corrected chi connectivity index (χ2v) is 6.31. The van der Waals surface area contributed by atoms with E-state index in [-0.39, 0.29) is 5.54 Å². The zero-order valence-electron chi connectivity index (χ0n) is 11.4. The number of hydrogen-bond acceptors (Lipinski definition) is 2. The van der Waals surface area contributed by atoms with E-state index in [0.29, 0.717) is 0 Å². The lowest BCUT2D eigenvalue weighted by Gasteiger charge is -2.20. The van der Waals surface area contributed by atoms with Crippen molar-refractivity contribution in [2.45, 2.75) is 44.1 Å². The molecule has 1 fully saturated rings. The molecule has 2 nitrogen and oxygen atoms in total. The Balaban J connectivity index is 1.53. The molecule has 0 saturated heterocycles. The van der Waals surface area contributed by atoms with Crippen molar-refractivity contribution in [3.63, 3.8) is 0 Å². The van der Waals surface area contributed by atoms with E-state index in [4.69, 9.17) is 5.73 Å². The van der Waals surface area contributed by atoms with Gasteiger partial charge in [0.15, 0.2) is 0 Å². The van der Waals surface area contributed by atoms with E-state index in [1.165, 1.54) is 37.7 Å². The third-order valence-corrected chi connectivity index (χ3v) is 4.42. The Labute approximate surface area is 110 Å². The van der Waals surface area contributed by atoms with E-state index in [1.54, 1.807) is 11.1 Å². The fourth-order valence-corrected chi connectivity index (χ4v) is 3.04. The zero-order chi connectivity index (χ0) is 12.6. The van der Waals surface area contributed by atoms with Crippen LogP contribution in [-0.2, 0) is 19.3 Å². The van der Waals surface area contributed by atoms with Crippen molar-refractivity contribution < 1.29 is 0 Å². The molecule has 0 bridgehead atoms. The monoisotopic (exact) mass is 244 g/mol.